The van der Waals surface area contributed by atoms with Crippen LogP contribution >= 0.6 is 11.6 Å². The van der Waals surface area contributed by atoms with Gasteiger partial charge < -0.3 is 10.5 Å². The molecule has 0 radical (unpaired) electrons. The molecule has 2 nitrogen and oxygen atoms in total. The molecule has 2 fully saturated rings. The van der Waals surface area contributed by atoms with E-state index < -0.39 is 0 Å². The Balaban J connectivity index is 1.84. The number of ether oxygens (including phenoxy) is 1. The van der Waals surface area contributed by atoms with Crippen LogP contribution in [-0.2, 0) is 10.2 Å². The topological polar surface area (TPSA) is 35.2 Å². The van der Waals surface area contributed by atoms with E-state index in [2.05, 4.69) is 18.2 Å². The fourth-order valence-electron chi connectivity index (χ4n) is 2.96. The highest BCUT2D eigenvalue weighted by Gasteiger charge is 2.43. The minimum atomic E-state index is 0.234. The van der Waals surface area contributed by atoms with Gasteiger partial charge in [0.05, 0.1) is 0 Å². The van der Waals surface area contributed by atoms with Gasteiger partial charge in [0.15, 0.2) is 0 Å². The van der Waals surface area contributed by atoms with Crippen molar-refractivity contribution in [1.29, 1.82) is 0 Å². The largest absolute Gasteiger partial charge is 0.381 e. The number of nitrogens with two attached hydrogens (primary N) is 1. The zero-order chi connectivity index (χ0) is 12.6. The van der Waals surface area contributed by atoms with Gasteiger partial charge in [-0.15, -0.1) is 0 Å². The third kappa shape index (κ3) is 2.18. The molecule has 2 aliphatic rings. The molecule has 1 saturated carbocycles. The first kappa shape index (κ1) is 12.5. The maximum Gasteiger partial charge on any atom is 0.0471 e. The second kappa shape index (κ2) is 4.84. The quantitative estimate of drug-likeness (QED) is 0.911. The van der Waals surface area contributed by atoms with Crippen LogP contribution in [0.2, 0.25) is 5.02 Å². The molecule has 0 unspecified atom stereocenters. The molecule has 0 atom stereocenters. The molecular formula is C15H20ClNO. The second-order valence-corrected chi connectivity index (χ2v) is 6.01. The Kier molecular flexibility index (Phi) is 3.35. The molecule has 1 aromatic rings. The van der Waals surface area contributed by atoms with E-state index in [0.29, 0.717) is 5.92 Å². The first-order valence-electron chi connectivity index (χ1n) is 6.83. The van der Waals surface area contributed by atoms with Crippen molar-refractivity contribution >= 4 is 11.6 Å². The number of hydrogen-bond donors (Lipinski definition) is 1. The zero-order valence-corrected chi connectivity index (χ0v) is 11.4. The zero-order valence-electron chi connectivity index (χ0n) is 10.6. The van der Waals surface area contributed by atoms with E-state index >= 15 is 0 Å². The Bertz CT molecular complexity index is 436. The molecule has 0 amide bonds. The van der Waals surface area contributed by atoms with Crippen molar-refractivity contribution in [3.05, 3.63) is 34.3 Å². The fourth-order valence-corrected chi connectivity index (χ4v) is 3.29. The highest BCUT2D eigenvalue weighted by Crippen LogP contribution is 2.48. The highest BCUT2D eigenvalue weighted by molar-refractivity contribution is 6.31. The van der Waals surface area contributed by atoms with E-state index in [-0.39, 0.29) is 5.41 Å². The number of benzene rings is 1. The van der Waals surface area contributed by atoms with Crippen LogP contribution in [-0.4, -0.2) is 19.8 Å². The molecule has 1 heterocycles. The average Bonchev–Trinajstić information content (AvgIpc) is 3.21. The van der Waals surface area contributed by atoms with Crippen molar-refractivity contribution in [3.63, 3.8) is 0 Å². The summed E-state index contributed by atoms with van der Waals surface area (Å²) < 4.78 is 5.41. The van der Waals surface area contributed by atoms with Gasteiger partial charge in [-0.25, -0.2) is 0 Å². The maximum atomic E-state index is 6.47. The standard InChI is InChI=1S/C15H20ClNO/c16-14-9-12(15(10-17)5-6-15)1-2-13(14)11-3-7-18-8-4-11/h1-2,9,11H,3-8,10,17H2. The van der Waals surface area contributed by atoms with Crippen LogP contribution in [0.1, 0.15) is 42.7 Å². The van der Waals surface area contributed by atoms with Crippen molar-refractivity contribution < 1.29 is 4.74 Å². The summed E-state index contributed by atoms with van der Waals surface area (Å²) in [6.07, 6.45) is 4.58. The normalized spacial score (nSPS) is 23.0. The molecule has 18 heavy (non-hydrogen) atoms. The third-order valence-corrected chi connectivity index (χ3v) is 4.85. The van der Waals surface area contributed by atoms with Crippen LogP contribution in [0, 0.1) is 0 Å². The molecule has 0 aromatic heterocycles. The van der Waals surface area contributed by atoms with Gasteiger partial charge in [-0.1, -0.05) is 23.7 Å². The minimum Gasteiger partial charge on any atom is -0.381 e. The predicted octanol–water partition coefficient (Wildman–Crippen LogP) is 3.22. The Labute approximate surface area is 113 Å². The molecule has 1 saturated heterocycles. The van der Waals surface area contributed by atoms with Crippen LogP contribution < -0.4 is 5.73 Å². The van der Waals surface area contributed by atoms with Gasteiger partial charge in [0.25, 0.3) is 0 Å². The van der Waals surface area contributed by atoms with Gasteiger partial charge in [0.1, 0.15) is 0 Å². The summed E-state index contributed by atoms with van der Waals surface area (Å²) in [4.78, 5) is 0. The highest BCUT2D eigenvalue weighted by atomic mass is 35.5. The number of halogens is 1. The van der Waals surface area contributed by atoms with Gasteiger partial charge in [-0.3, -0.25) is 0 Å². The summed E-state index contributed by atoms with van der Waals surface area (Å²) in [5, 5.41) is 0.916. The Morgan fingerprint density at radius 1 is 1.28 bits per heavy atom. The Morgan fingerprint density at radius 3 is 2.56 bits per heavy atom. The summed E-state index contributed by atoms with van der Waals surface area (Å²) in [5.74, 6) is 0.563. The first-order valence-corrected chi connectivity index (χ1v) is 7.21. The molecule has 3 heteroatoms. The molecule has 3 rings (SSSR count). The van der Waals surface area contributed by atoms with Crippen LogP contribution in [0.15, 0.2) is 18.2 Å². The first-order chi connectivity index (χ1) is 8.75. The summed E-state index contributed by atoms with van der Waals surface area (Å²) in [5.41, 5.74) is 8.72. The van der Waals surface area contributed by atoms with E-state index in [0.717, 1.165) is 37.6 Å². The number of rotatable bonds is 3. The van der Waals surface area contributed by atoms with Gasteiger partial charge >= 0.3 is 0 Å². The summed E-state index contributed by atoms with van der Waals surface area (Å²) >= 11 is 6.47. The van der Waals surface area contributed by atoms with E-state index in [1.165, 1.54) is 24.0 Å². The predicted molar refractivity (Wildman–Crippen MR) is 74.2 cm³/mol. The van der Waals surface area contributed by atoms with Gasteiger partial charge in [-0.05, 0) is 48.8 Å². The smallest absolute Gasteiger partial charge is 0.0471 e. The molecule has 2 N–H and O–H groups in total. The van der Waals surface area contributed by atoms with Crippen LogP contribution in [0.3, 0.4) is 0 Å². The lowest BCUT2D eigenvalue weighted by Gasteiger charge is -2.24. The lowest BCUT2D eigenvalue weighted by Crippen LogP contribution is -2.20. The summed E-state index contributed by atoms with van der Waals surface area (Å²) in [7, 11) is 0. The van der Waals surface area contributed by atoms with Crippen molar-refractivity contribution in [2.45, 2.75) is 37.0 Å². The molecule has 0 bridgehead atoms. The Hall–Kier alpha value is -0.570. The molecule has 1 aliphatic carbocycles. The van der Waals surface area contributed by atoms with Crippen molar-refractivity contribution in [2.24, 2.45) is 5.73 Å². The second-order valence-electron chi connectivity index (χ2n) is 5.61. The third-order valence-electron chi connectivity index (χ3n) is 4.52. The van der Waals surface area contributed by atoms with Crippen molar-refractivity contribution in [3.8, 4) is 0 Å². The molecule has 98 valence electrons. The molecule has 1 aliphatic heterocycles. The van der Waals surface area contributed by atoms with Gasteiger partial charge in [-0.2, -0.15) is 0 Å². The number of hydrogen-bond acceptors (Lipinski definition) is 2. The Morgan fingerprint density at radius 2 is 2.00 bits per heavy atom. The summed E-state index contributed by atoms with van der Waals surface area (Å²) in [6.45, 7) is 2.45. The molecular weight excluding hydrogens is 246 g/mol. The minimum absolute atomic E-state index is 0.234. The van der Waals surface area contributed by atoms with Crippen LogP contribution in [0.5, 0.6) is 0 Å². The van der Waals surface area contributed by atoms with E-state index in [1.54, 1.807) is 0 Å². The lowest BCUT2D eigenvalue weighted by atomic mass is 9.88. The van der Waals surface area contributed by atoms with E-state index in [1.807, 2.05) is 0 Å². The van der Waals surface area contributed by atoms with Gasteiger partial charge in [0.2, 0.25) is 0 Å². The summed E-state index contributed by atoms with van der Waals surface area (Å²) in [6, 6.07) is 6.59. The SMILES string of the molecule is NCC1(c2ccc(C3CCOCC3)c(Cl)c2)CC1. The van der Waals surface area contributed by atoms with Gasteiger partial charge in [0, 0.05) is 30.2 Å². The van der Waals surface area contributed by atoms with Crippen molar-refractivity contribution in [1.82, 2.24) is 0 Å². The monoisotopic (exact) mass is 265 g/mol. The van der Waals surface area contributed by atoms with Crippen molar-refractivity contribution in [2.75, 3.05) is 19.8 Å². The average molecular weight is 266 g/mol. The van der Waals surface area contributed by atoms with E-state index in [4.69, 9.17) is 22.1 Å². The molecule has 1 aromatic carbocycles. The lowest BCUT2D eigenvalue weighted by molar-refractivity contribution is 0.0853. The van der Waals surface area contributed by atoms with Crippen LogP contribution in [0.25, 0.3) is 0 Å². The van der Waals surface area contributed by atoms with E-state index in [9.17, 15) is 0 Å². The van der Waals surface area contributed by atoms with Crippen LogP contribution in [0.4, 0.5) is 0 Å². The maximum absolute atomic E-state index is 6.47. The fraction of sp³-hybridized carbons (Fsp3) is 0.600. The molecule has 0 spiro atoms.